The highest BCUT2D eigenvalue weighted by Gasteiger charge is 2.15. The Kier molecular flexibility index (Phi) is 6.88. The first-order chi connectivity index (χ1) is 12.4. The molecule has 7 heteroatoms. The molecular formula is C19H23FN2O3S. The molecule has 0 heterocycles. The topological polar surface area (TPSA) is 75.3 Å². The zero-order valence-electron chi connectivity index (χ0n) is 14.9. The number of sulfonamides is 1. The number of hydrogen-bond acceptors (Lipinski definition) is 3. The van der Waals surface area contributed by atoms with Crippen molar-refractivity contribution in [1.29, 1.82) is 0 Å². The molecule has 0 aromatic heterocycles. The van der Waals surface area contributed by atoms with Gasteiger partial charge in [-0.25, -0.2) is 17.5 Å². The Morgan fingerprint density at radius 2 is 1.58 bits per heavy atom. The third-order valence-corrected chi connectivity index (χ3v) is 5.51. The molecule has 0 radical (unpaired) electrons. The molecule has 2 N–H and O–H groups in total. The van der Waals surface area contributed by atoms with Crippen LogP contribution in [0.25, 0.3) is 0 Å². The van der Waals surface area contributed by atoms with E-state index >= 15 is 0 Å². The Bertz CT molecular complexity index is 843. The van der Waals surface area contributed by atoms with Crippen LogP contribution in [0.2, 0.25) is 0 Å². The van der Waals surface area contributed by atoms with Crippen LogP contribution in [0.15, 0.2) is 47.4 Å². The summed E-state index contributed by atoms with van der Waals surface area (Å²) in [7, 11) is -3.77. The van der Waals surface area contributed by atoms with E-state index in [4.69, 9.17) is 0 Å². The number of halogens is 1. The monoisotopic (exact) mass is 378 g/mol. The Morgan fingerprint density at radius 1 is 1.00 bits per heavy atom. The number of amides is 1. The van der Waals surface area contributed by atoms with Crippen LogP contribution >= 0.6 is 0 Å². The average Bonchev–Trinajstić information content (AvgIpc) is 2.62. The van der Waals surface area contributed by atoms with Gasteiger partial charge < -0.3 is 5.32 Å². The summed E-state index contributed by atoms with van der Waals surface area (Å²) in [5.74, 6) is -0.771. The summed E-state index contributed by atoms with van der Waals surface area (Å²) in [6.45, 7) is 3.99. The van der Waals surface area contributed by atoms with Crippen LogP contribution in [-0.2, 0) is 27.7 Å². The molecule has 2 rings (SSSR count). The van der Waals surface area contributed by atoms with Gasteiger partial charge in [0.15, 0.2) is 0 Å². The van der Waals surface area contributed by atoms with Gasteiger partial charge in [0.25, 0.3) is 0 Å². The lowest BCUT2D eigenvalue weighted by atomic mass is 10.0. The lowest BCUT2D eigenvalue weighted by Crippen LogP contribution is -2.28. The predicted molar refractivity (Wildman–Crippen MR) is 100 cm³/mol. The number of nitrogens with one attached hydrogen (secondary N) is 2. The number of hydrogen-bond donors (Lipinski definition) is 2. The molecule has 1 amide bonds. The van der Waals surface area contributed by atoms with Crippen LogP contribution in [0.3, 0.4) is 0 Å². The highest BCUT2D eigenvalue weighted by atomic mass is 32.2. The van der Waals surface area contributed by atoms with Crippen molar-refractivity contribution in [3.63, 3.8) is 0 Å². The number of benzene rings is 2. The van der Waals surface area contributed by atoms with Gasteiger partial charge in [-0.15, -0.1) is 0 Å². The Labute approximate surface area is 153 Å². The number of rotatable bonds is 8. The van der Waals surface area contributed by atoms with Crippen molar-refractivity contribution >= 4 is 21.6 Å². The third kappa shape index (κ3) is 5.12. The van der Waals surface area contributed by atoms with Gasteiger partial charge in [-0.05, 0) is 48.2 Å². The van der Waals surface area contributed by atoms with E-state index in [1.807, 2.05) is 32.0 Å². The standard InChI is InChI=1S/C19H23FN2O3S/c1-3-14-6-5-7-15(4-2)19(14)22-18(23)12-13-21-26(24,25)17-10-8-16(20)9-11-17/h5-11,21H,3-4,12-13H2,1-2H3,(H,22,23). The quantitative estimate of drug-likeness (QED) is 0.740. The minimum absolute atomic E-state index is 0.00161. The van der Waals surface area contributed by atoms with Crippen molar-refractivity contribution in [3.05, 3.63) is 59.4 Å². The predicted octanol–water partition coefficient (Wildman–Crippen LogP) is 3.26. The van der Waals surface area contributed by atoms with Gasteiger partial charge in [0, 0.05) is 18.7 Å². The van der Waals surface area contributed by atoms with E-state index in [0.29, 0.717) is 0 Å². The summed E-state index contributed by atoms with van der Waals surface area (Å²) >= 11 is 0. The fourth-order valence-corrected chi connectivity index (χ4v) is 3.63. The lowest BCUT2D eigenvalue weighted by molar-refractivity contribution is -0.116. The van der Waals surface area contributed by atoms with Gasteiger partial charge in [-0.2, -0.15) is 0 Å². The summed E-state index contributed by atoms with van der Waals surface area (Å²) in [5, 5.41) is 2.89. The van der Waals surface area contributed by atoms with Crippen molar-refractivity contribution in [1.82, 2.24) is 4.72 Å². The van der Waals surface area contributed by atoms with E-state index in [1.165, 1.54) is 12.1 Å². The molecule has 0 unspecified atom stereocenters. The molecule has 0 aliphatic heterocycles. The molecule has 0 aliphatic carbocycles. The zero-order valence-corrected chi connectivity index (χ0v) is 15.7. The zero-order chi connectivity index (χ0) is 19.2. The fraction of sp³-hybridized carbons (Fsp3) is 0.316. The van der Waals surface area contributed by atoms with Gasteiger partial charge in [0.1, 0.15) is 5.82 Å². The summed E-state index contributed by atoms with van der Waals surface area (Å²) < 4.78 is 39.5. The van der Waals surface area contributed by atoms with Crippen molar-refractivity contribution in [2.45, 2.75) is 38.0 Å². The molecule has 0 saturated carbocycles. The Morgan fingerprint density at radius 3 is 2.12 bits per heavy atom. The van der Waals surface area contributed by atoms with Crippen molar-refractivity contribution in [2.75, 3.05) is 11.9 Å². The molecule has 2 aromatic rings. The summed E-state index contributed by atoms with van der Waals surface area (Å²) in [5.41, 5.74) is 2.90. The first kappa shape index (κ1) is 20.1. The van der Waals surface area contributed by atoms with Gasteiger partial charge >= 0.3 is 0 Å². The molecule has 5 nitrogen and oxygen atoms in total. The largest absolute Gasteiger partial charge is 0.326 e. The second kappa shape index (κ2) is 8.91. The summed E-state index contributed by atoms with van der Waals surface area (Å²) in [4.78, 5) is 12.2. The van der Waals surface area contributed by atoms with E-state index in [9.17, 15) is 17.6 Å². The van der Waals surface area contributed by atoms with Crippen LogP contribution < -0.4 is 10.0 Å². The molecule has 0 spiro atoms. The number of carbonyl (C=O) groups is 1. The Hall–Kier alpha value is -2.25. The minimum Gasteiger partial charge on any atom is -0.326 e. The summed E-state index contributed by atoms with van der Waals surface area (Å²) in [6.07, 6.45) is 1.59. The number of aryl methyl sites for hydroxylation is 2. The average molecular weight is 378 g/mol. The highest BCUT2D eigenvalue weighted by Crippen LogP contribution is 2.22. The van der Waals surface area contributed by atoms with Gasteiger partial charge in [0.05, 0.1) is 4.90 Å². The van der Waals surface area contributed by atoms with E-state index in [2.05, 4.69) is 10.0 Å². The number of carbonyl (C=O) groups excluding carboxylic acids is 1. The number of anilines is 1. The van der Waals surface area contributed by atoms with Gasteiger partial charge in [-0.3, -0.25) is 4.79 Å². The van der Waals surface area contributed by atoms with E-state index in [-0.39, 0.29) is 23.8 Å². The smallest absolute Gasteiger partial charge is 0.240 e. The van der Waals surface area contributed by atoms with E-state index in [0.717, 1.165) is 41.8 Å². The van der Waals surface area contributed by atoms with Gasteiger partial charge in [0.2, 0.25) is 15.9 Å². The lowest BCUT2D eigenvalue weighted by Gasteiger charge is -2.14. The highest BCUT2D eigenvalue weighted by molar-refractivity contribution is 7.89. The molecule has 0 saturated heterocycles. The molecule has 0 aliphatic rings. The maximum absolute atomic E-state index is 12.9. The molecule has 0 atom stereocenters. The first-order valence-corrected chi connectivity index (χ1v) is 10.0. The van der Waals surface area contributed by atoms with Gasteiger partial charge in [-0.1, -0.05) is 32.0 Å². The van der Waals surface area contributed by atoms with Crippen LogP contribution in [0, 0.1) is 5.82 Å². The molecular weight excluding hydrogens is 355 g/mol. The second-order valence-electron chi connectivity index (χ2n) is 5.81. The minimum atomic E-state index is -3.77. The normalized spacial score (nSPS) is 11.3. The third-order valence-electron chi connectivity index (χ3n) is 4.03. The van der Waals surface area contributed by atoms with Crippen LogP contribution in [-0.4, -0.2) is 20.9 Å². The van der Waals surface area contributed by atoms with Crippen molar-refractivity contribution in [2.24, 2.45) is 0 Å². The molecule has 26 heavy (non-hydrogen) atoms. The maximum Gasteiger partial charge on any atom is 0.240 e. The maximum atomic E-state index is 12.9. The van der Waals surface area contributed by atoms with E-state index < -0.39 is 15.8 Å². The van der Waals surface area contributed by atoms with Crippen molar-refractivity contribution < 1.29 is 17.6 Å². The first-order valence-electron chi connectivity index (χ1n) is 8.53. The fourth-order valence-electron chi connectivity index (χ4n) is 2.60. The van der Waals surface area contributed by atoms with Crippen LogP contribution in [0.5, 0.6) is 0 Å². The molecule has 2 aromatic carbocycles. The molecule has 140 valence electrons. The van der Waals surface area contributed by atoms with Crippen LogP contribution in [0.4, 0.5) is 10.1 Å². The van der Waals surface area contributed by atoms with E-state index in [1.54, 1.807) is 0 Å². The van der Waals surface area contributed by atoms with Crippen molar-refractivity contribution in [3.8, 4) is 0 Å². The molecule has 0 fully saturated rings. The summed E-state index contributed by atoms with van der Waals surface area (Å²) in [6, 6.07) is 10.4. The van der Waals surface area contributed by atoms with Crippen LogP contribution in [0.1, 0.15) is 31.4 Å². The second-order valence-corrected chi connectivity index (χ2v) is 7.58. The molecule has 0 bridgehead atoms. The SMILES string of the molecule is CCc1cccc(CC)c1NC(=O)CCNS(=O)(=O)c1ccc(F)cc1. The number of para-hydroxylation sites is 1. The Balaban J connectivity index is 1.96.